The van der Waals surface area contributed by atoms with Crippen molar-refractivity contribution in [2.75, 3.05) is 0 Å². The molecule has 5 aromatic carbocycles. The summed E-state index contributed by atoms with van der Waals surface area (Å²) in [5.74, 6) is 7.66. The van der Waals surface area contributed by atoms with Gasteiger partial charge in [-0.3, -0.25) is 0 Å². The molecule has 8 bridgehead atoms. The quantitative estimate of drug-likeness (QED) is 0.168. The van der Waals surface area contributed by atoms with E-state index < -0.39 is 0 Å². The minimum absolute atomic E-state index is 0.360. The van der Waals surface area contributed by atoms with E-state index in [0.717, 1.165) is 96.9 Å². The molecule has 0 atom stereocenters. The van der Waals surface area contributed by atoms with Crippen LogP contribution in [0.2, 0.25) is 0 Å². The molecule has 0 amide bonds. The molecule has 0 spiro atoms. The van der Waals surface area contributed by atoms with Gasteiger partial charge in [-0.05, 0) is 176 Å². The van der Waals surface area contributed by atoms with Crippen molar-refractivity contribution < 1.29 is 4.42 Å². The molecule has 15 rings (SSSR count). The highest BCUT2D eigenvalue weighted by Gasteiger charge is 2.52. The van der Waals surface area contributed by atoms with Gasteiger partial charge in [0.2, 0.25) is 0 Å². The van der Waals surface area contributed by atoms with Crippen molar-refractivity contribution in [3.8, 4) is 51.4 Å². The van der Waals surface area contributed by atoms with Crippen LogP contribution in [0.5, 0.6) is 0 Å². The number of nitriles is 1. The van der Waals surface area contributed by atoms with E-state index in [2.05, 4.69) is 97.1 Å². The van der Waals surface area contributed by atoms with Gasteiger partial charge in [-0.15, -0.1) is 0 Å². The number of fused-ring (bicyclic) bond motifs is 3. The Morgan fingerprint density at radius 1 is 0.424 bits per heavy atom. The molecular formula is C54H48N4O. The molecule has 8 saturated carbocycles. The van der Waals surface area contributed by atoms with Crippen molar-refractivity contribution >= 4 is 21.9 Å². The summed E-state index contributed by atoms with van der Waals surface area (Å²) in [6.45, 7) is 0. The van der Waals surface area contributed by atoms with Crippen LogP contribution < -0.4 is 0 Å². The van der Waals surface area contributed by atoms with Crippen LogP contribution in [-0.4, -0.2) is 15.0 Å². The maximum atomic E-state index is 9.39. The lowest BCUT2D eigenvalue weighted by Gasteiger charge is -2.57. The van der Waals surface area contributed by atoms with Crippen LogP contribution in [0.1, 0.15) is 93.7 Å². The van der Waals surface area contributed by atoms with Gasteiger partial charge < -0.3 is 4.42 Å². The van der Waals surface area contributed by atoms with E-state index >= 15 is 0 Å². The summed E-state index contributed by atoms with van der Waals surface area (Å²) in [6, 6.07) is 41.5. The summed E-state index contributed by atoms with van der Waals surface area (Å²) in [7, 11) is 0. The molecule has 0 aliphatic heterocycles. The third kappa shape index (κ3) is 5.58. The van der Waals surface area contributed by atoms with Crippen molar-refractivity contribution in [1.82, 2.24) is 15.0 Å². The number of aromatic nitrogens is 3. The Labute approximate surface area is 345 Å². The van der Waals surface area contributed by atoms with Gasteiger partial charge in [-0.2, -0.15) is 5.26 Å². The summed E-state index contributed by atoms with van der Waals surface area (Å²) in [6.07, 6.45) is 16.9. The van der Waals surface area contributed by atoms with Crippen molar-refractivity contribution in [3.05, 3.63) is 126 Å². The molecule has 5 heteroatoms. The molecule has 8 fully saturated rings. The van der Waals surface area contributed by atoms with Gasteiger partial charge in [-0.25, -0.2) is 15.0 Å². The van der Waals surface area contributed by atoms with Crippen molar-refractivity contribution in [2.24, 2.45) is 35.5 Å². The standard InChI is InChI=1S/C54H48N4O/c55-31-32-1-15-46-47-16-10-43(24-49(47)59-48(46)23-32)39-2-4-40(5-3-39)50-56-51(41-6-11-44(12-7-41)53-25-33-17-34(26-53)19-35(18-33)27-53)58-52(57-50)42-8-13-45(14-9-42)54-28-36-20-37(29-54)22-38(21-36)30-54/h1-16,23-24,33-38H,17-22,25-30H2. The van der Waals surface area contributed by atoms with Crippen LogP contribution in [-0.2, 0) is 10.8 Å². The van der Waals surface area contributed by atoms with Gasteiger partial charge in [0.05, 0.1) is 11.6 Å². The maximum Gasteiger partial charge on any atom is 0.164 e. The van der Waals surface area contributed by atoms with Crippen LogP contribution in [0, 0.1) is 46.8 Å². The van der Waals surface area contributed by atoms with E-state index in [9.17, 15) is 5.26 Å². The molecular weight excluding hydrogens is 721 g/mol. The lowest BCUT2D eigenvalue weighted by Crippen LogP contribution is -2.48. The number of furan rings is 1. The second-order valence-corrected chi connectivity index (χ2v) is 20.1. The summed E-state index contributed by atoms with van der Waals surface area (Å²) < 4.78 is 6.22. The van der Waals surface area contributed by atoms with Crippen molar-refractivity contribution in [2.45, 2.75) is 87.9 Å². The molecule has 0 unspecified atom stereocenters. The first-order valence-electron chi connectivity index (χ1n) is 22.4. The average Bonchev–Trinajstić information content (AvgIpc) is 3.63. The molecule has 0 saturated heterocycles. The van der Waals surface area contributed by atoms with Gasteiger partial charge in [-0.1, -0.05) is 78.9 Å². The van der Waals surface area contributed by atoms with Gasteiger partial charge in [0.15, 0.2) is 17.5 Å². The van der Waals surface area contributed by atoms with Crippen LogP contribution >= 0.6 is 0 Å². The van der Waals surface area contributed by atoms with E-state index in [-0.39, 0.29) is 0 Å². The summed E-state index contributed by atoms with van der Waals surface area (Å²) >= 11 is 0. The third-order valence-corrected chi connectivity index (χ3v) is 16.3. The number of hydrogen-bond donors (Lipinski definition) is 0. The predicted molar refractivity (Wildman–Crippen MR) is 233 cm³/mol. The van der Waals surface area contributed by atoms with Crippen molar-refractivity contribution in [3.63, 3.8) is 0 Å². The second kappa shape index (κ2) is 12.7. The Hall–Kier alpha value is -5.60. The summed E-state index contributed by atoms with van der Waals surface area (Å²) in [4.78, 5) is 15.6. The Bertz CT molecular complexity index is 2670. The fraction of sp³-hybridized carbons (Fsp3) is 0.370. The molecule has 2 heterocycles. The first kappa shape index (κ1) is 34.3. The van der Waals surface area contributed by atoms with Crippen LogP contribution in [0.25, 0.3) is 67.2 Å². The van der Waals surface area contributed by atoms with Crippen molar-refractivity contribution in [1.29, 1.82) is 5.26 Å². The largest absolute Gasteiger partial charge is 0.456 e. The topological polar surface area (TPSA) is 75.6 Å². The normalized spacial score (nSPS) is 30.0. The zero-order chi connectivity index (χ0) is 38.9. The van der Waals surface area contributed by atoms with E-state index in [1.54, 1.807) is 0 Å². The molecule has 0 radical (unpaired) electrons. The lowest BCUT2D eigenvalue weighted by atomic mass is 9.48. The zero-order valence-corrected chi connectivity index (χ0v) is 33.5. The highest BCUT2D eigenvalue weighted by Crippen LogP contribution is 2.62. The number of nitrogens with zero attached hydrogens (tertiary/aromatic N) is 4. The Morgan fingerprint density at radius 3 is 1.20 bits per heavy atom. The molecule has 59 heavy (non-hydrogen) atoms. The average molecular weight is 769 g/mol. The maximum absolute atomic E-state index is 9.39. The predicted octanol–water partition coefficient (Wildman–Crippen LogP) is 13.2. The minimum Gasteiger partial charge on any atom is -0.456 e. The smallest absolute Gasteiger partial charge is 0.164 e. The number of hydrogen-bond acceptors (Lipinski definition) is 5. The minimum atomic E-state index is 0.360. The Balaban J connectivity index is 0.853. The number of benzene rings is 5. The molecule has 290 valence electrons. The van der Waals surface area contributed by atoms with E-state index in [1.807, 2.05) is 18.2 Å². The Kier molecular flexibility index (Phi) is 7.38. The van der Waals surface area contributed by atoms with Crippen LogP contribution in [0.3, 0.4) is 0 Å². The fourth-order valence-electron chi connectivity index (χ4n) is 14.5. The van der Waals surface area contributed by atoms with Gasteiger partial charge >= 0.3 is 0 Å². The molecule has 7 aromatic rings. The fourth-order valence-corrected chi connectivity index (χ4v) is 14.5. The molecule has 8 aliphatic rings. The second-order valence-electron chi connectivity index (χ2n) is 20.1. The van der Waals surface area contributed by atoms with E-state index in [4.69, 9.17) is 19.4 Å². The third-order valence-electron chi connectivity index (χ3n) is 16.3. The first-order valence-corrected chi connectivity index (χ1v) is 22.4. The molecule has 0 N–H and O–H groups in total. The van der Waals surface area contributed by atoms with Gasteiger partial charge in [0.25, 0.3) is 0 Å². The highest BCUT2D eigenvalue weighted by atomic mass is 16.3. The van der Waals surface area contributed by atoms with Gasteiger partial charge in [0.1, 0.15) is 11.2 Å². The number of rotatable bonds is 6. The molecule has 2 aromatic heterocycles. The van der Waals surface area contributed by atoms with Crippen LogP contribution in [0.4, 0.5) is 0 Å². The Morgan fingerprint density at radius 2 is 0.780 bits per heavy atom. The lowest BCUT2D eigenvalue weighted by molar-refractivity contribution is -0.00530. The summed E-state index contributed by atoms with van der Waals surface area (Å²) in [5, 5.41) is 11.5. The van der Waals surface area contributed by atoms with Gasteiger partial charge in [0, 0.05) is 27.5 Å². The zero-order valence-electron chi connectivity index (χ0n) is 33.5. The van der Waals surface area contributed by atoms with E-state index in [1.165, 1.54) is 88.2 Å². The molecule has 5 nitrogen and oxygen atoms in total. The summed E-state index contributed by atoms with van der Waals surface area (Å²) in [5.41, 5.74) is 11.1. The SMILES string of the molecule is N#Cc1ccc2c(c1)oc1cc(-c3ccc(-c4nc(-c5ccc(C67CC8CC(CC(C8)C6)C7)cc5)nc(-c5ccc(C67CC8CC(CC(C8)C6)C7)cc5)n4)cc3)ccc12. The van der Waals surface area contributed by atoms with Crippen LogP contribution in [0.15, 0.2) is 114 Å². The monoisotopic (exact) mass is 768 g/mol. The highest BCUT2D eigenvalue weighted by molar-refractivity contribution is 6.06. The first-order chi connectivity index (χ1) is 28.9. The van der Waals surface area contributed by atoms with E-state index in [0.29, 0.717) is 22.2 Å². The molecule has 8 aliphatic carbocycles.